The third-order valence-corrected chi connectivity index (χ3v) is 4.43. The Morgan fingerprint density at radius 1 is 1.05 bits per heavy atom. The number of likely N-dealkylation sites (tertiary alicyclic amines) is 1. The monoisotopic (exact) mass is 261 g/mol. The Balaban J connectivity index is 2.19. The fourth-order valence-electron chi connectivity index (χ4n) is 3.18. The van der Waals surface area contributed by atoms with Gasteiger partial charge < -0.3 is 0 Å². The van der Waals surface area contributed by atoms with E-state index in [2.05, 4.69) is 54.5 Å². The first-order chi connectivity index (χ1) is 9.16. The van der Waals surface area contributed by atoms with Gasteiger partial charge in [0.25, 0.3) is 0 Å². The summed E-state index contributed by atoms with van der Waals surface area (Å²) >= 11 is 0. The summed E-state index contributed by atoms with van der Waals surface area (Å²) < 4.78 is 0. The minimum Gasteiger partial charge on any atom is -0.296 e. The molecule has 2 rings (SSSR count). The van der Waals surface area contributed by atoms with Gasteiger partial charge in [0.2, 0.25) is 0 Å². The predicted molar refractivity (Wildman–Crippen MR) is 80.6 cm³/mol. The maximum absolute atomic E-state index is 5.86. The fourth-order valence-corrected chi connectivity index (χ4v) is 3.18. The van der Waals surface area contributed by atoms with E-state index in [1.165, 1.54) is 44.3 Å². The smallest absolute Gasteiger partial charge is 0.0638 e. The molecule has 106 valence electrons. The Morgan fingerprint density at radius 3 is 2.16 bits per heavy atom. The van der Waals surface area contributed by atoms with Gasteiger partial charge in [-0.2, -0.15) is 0 Å². The Hall–Kier alpha value is -0.900. The molecule has 1 atom stereocenters. The zero-order valence-corrected chi connectivity index (χ0v) is 12.2. The van der Waals surface area contributed by atoms with Crippen LogP contribution in [0.4, 0.5) is 0 Å². The van der Waals surface area contributed by atoms with Gasteiger partial charge in [-0.1, -0.05) is 43.2 Å². The molecule has 0 radical (unpaired) electrons. The van der Waals surface area contributed by atoms with Crippen molar-refractivity contribution in [2.45, 2.75) is 51.1 Å². The molecule has 19 heavy (non-hydrogen) atoms. The van der Waals surface area contributed by atoms with Crippen molar-refractivity contribution in [3.05, 3.63) is 35.9 Å². The van der Waals surface area contributed by atoms with E-state index in [0.717, 1.165) is 0 Å². The number of benzene rings is 1. The Bertz CT molecular complexity index is 367. The summed E-state index contributed by atoms with van der Waals surface area (Å²) in [6.07, 6.45) is 5.32. The molecule has 0 aliphatic carbocycles. The Kier molecular flexibility index (Phi) is 4.97. The first kappa shape index (κ1) is 14.5. The van der Waals surface area contributed by atoms with E-state index in [1.807, 2.05) is 0 Å². The minimum atomic E-state index is 0.0282. The van der Waals surface area contributed by atoms with Crippen molar-refractivity contribution in [2.75, 3.05) is 13.1 Å². The lowest BCUT2D eigenvalue weighted by molar-refractivity contribution is 0.0834. The Morgan fingerprint density at radius 2 is 1.63 bits per heavy atom. The van der Waals surface area contributed by atoms with Crippen molar-refractivity contribution in [3.8, 4) is 0 Å². The molecule has 3 nitrogen and oxygen atoms in total. The second-order valence-electron chi connectivity index (χ2n) is 6.07. The summed E-state index contributed by atoms with van der Waals surface area (Å²) in [4.78, 5) is 2.59. The number of hydrazine groups is 1. The lowest BCUT2D eigenvalue weighted by Crippen LogP contribution is -2.54. The van der Waals surface area contributed by atoms with Crippen molar-refractivity contribution in [2.24, 2.45) is 5.84 Å². The number of nitrogens with one attached hydrogen (secondary N) is 1. The minimum absolute atomic E-state index is 0.0282. The van der Waals surface area contributed by atoms with Crippen molar-refractivity contribution in [1.82, 2.24) is 10.3 Å². The van der Waals surface area contributed by atoms with Crippen molar-refractivity contribution < 1.29 is 0 Å². The van der Waals surface area contributed by atoms with Gasteiger partial charge in [0, 0.05) is 5.54 Å². The summed E-state index contributed by atoms with van der Waals surface area (Å²) in [5.74, 6) is 5.86. The molecule has 1 aliphatic heterocycles. The zero-order valence-electron chi connectivity index (χ0n) is 12.2. The van der Waals surface area contributed by atoms with E-state index in [9.17, 15) is 0 Å². The fraction of sp³-hybridized carbons (Fsp3) is 0.625. The normalized spacial score (nSPS) is 19.9. The molecular weight excluding hydrogens is 234 g/mol. The maximum atomic E-state index is 5.86. The molecular formula is C16H27N3. The molecule has 0 bridgehead atoms. The number of rotatable bonds is 4. The highest BCUT2D eigenvalue weighted by atomic mass is 15.3. The third-order valence-electron chi connectivity index (χ3n) is 4.43. The van der Waals surface area contributed by atoms with Crippen LogP contribution in [-0.2, 0) is 0 Å². The summed E-state index contributed by atoms with van der Waals surface area (Å²) in [5.41, 5.74) is 4.33. The topological polar surface area (TPSA) is 41.3 Å². The van der Waals surface area contributed by atoms with Gasteiger partial charge in [-0.05, 0) is 45.3 Å². The lowest BCUT2D eigenvalue weighted by atomic mass is 9.87. The van der Waals surface area contributed by atoms with Crippen molar-refractivity contribution in [1.29, 1.82) is 0 Å². The standard InChI is InChI=1S/C16H27N3/c1-16(2,19-12-8-3-4-9-13-19)15(18-17)14-10-6-5-7-11-14/h5-7,10-11,15,18H,3-4,8-9,12-13,17H2,1-2H3. The van der Waals surface area contributed by atoms with Crippen LogP contribution in [0.15, 0.2) is 30.3 Å². The van der Waals surface area contributed by atoms with Gasteiger partial charge in [0.15, 0.2) is 0 Å². The van der Waals surface area contributed by atoms with E-state index >= 15 is 0 Å². The molecule has 1 saturated heterocycles. The number of nitrogens with zero attached hydrogens (tertiary/aromatic N) is 1. The summed E-state index contributed by atoms with van der Waals surface area (Å²) in [6, 6.07) is 10.7. The van der Waals surface area contributed by atoms with Crippen LogP contribution in [0, 0.1) is 0 Å². The molecule has 1 aliphatic rings. The maximum Gasteiger partial charge on any atom is 0.0638 e. The Labute approximate surface area is 117 Å². The van der Waals surface area contributed by atoms with Gasteiger partial charge in [-0.25, -0.2) is 0 Å². The first-order valence-electron chi connectivity index (χ1n) is 7.42. The molecule has 0 amide bonds. The lowest BCUT2D eigenvalue weighted by Gasteiger charge is -2.43. The molecule has 1 aromatic carbocycles. The zero-order chi connectivity index (χ0) is 13.7. The summed E-state index contributed by atoms with van der Waals surface area (Å²) in [6.45, 7) is 6.96. The molecule has 1 heterocycles. The van der Waals surface area contributed by atoms with Crippen molar-refractivity contribution in [3.63, 3.8) is 0 Å². The van der Waals surface area contributed by atoms with Crippen LogP contribution in [0.1, 0.15) is 51.1 Å². The van der Waals surface area contributed by atoms with Crippen LogP contribution in [-0.4, -0.2) is 23.5 Å². The summed E-state index contributed by atoms with van der Waals surface area (Å²) in [7, 11) is 0. The predicted octanol–water partition coefficient (Wildman–Crippen LogP) is 2.85. The average Bonchev–Trinajstić information content (AvgIpc) is 2.70. The summed E-state index contributed by atoms with van der Waals surface area (Å²) in [5, 5.41) is 0. The molecule has 0 saturated carbocycles. The molecule has 1 aromatic rings. The third kappa shape index (κ3) is 3.35. The second kappa shape index (κ2) is 6.51. The largest absolute Gasteiger partial charge is 0.296 e. The van der Waals surface area contributed by atoms with E-state index in [1.54, 1.807) is 0 Å². The van der Waals surface area contributed by atoms with Crippen LogP contribution in [0.25, 0.3) is 0 Å². The van der Waals surface area contributed by atoms with Crippen molar-refractivity contribution >= 4 is 0 Å². The highest BCUT2D eigenvalue weighted by Crippen LogP contribution is 2.32. The quantitative estimate of drug-likeness (QED) is 0.647. The van der Waals surface area contributed by atoms with E-state index < -0.39 is 0 Å². The van der Waals surface area contributed by atoms with Gasteiger partial charge in [-0.15, -0.1) is 0 Å². The van der Waals surface area contributed by atoms with E-state index in [0.29, 0.717) is 0 Å². The molecule has 1 unspecified atom stereocenters. The highest BCUT2D eigenvalue weighted by molar-refractivity contribution is 5.22. The SMILES string of the molecule is CC(C)(C(NN)c1ccccc1)N1CCCCCC1. The molecule has 1 fully saturated rings. The van der Waals surface area contributed by atoms with Crippen LogP contribution in [0.5, 0.6) is 0 Å². The molecule has 3 heteroatoms. The molecule has 3 N–H and O–H groups in total. The second-order valence-corrected chi connectivity index (χ2v) is 6.07. The van der Waals surface area contributed by atoms with Gasteiger partial charge >= 0.3 is 0 Å². The van der Waals surface area contributed by atoms with Crippen LogP contribution in [0.3, 0.4) is 0 Å². The van der Waals surface area contributed by atoms with E-state index in [4.69, 9.17) is 5.84 Å². The van der Waals surface area contributed by atoms with Crippen LogP contribution in [0.2, 0.25) is 0 Å². The molecule has 0 aromatic heterocycles. The van der Waals surface area contributed by atoms with Gasteiger partial charge in [0.1, 0.15) is 0 Å². The van der Waals surface area contributed by atoms with Crippen LogP contribution >= 0.6 is 0 Å². The first-order valence-corrected chi connectivity index (χ1v) is 7.42. The highest BCUT2D eigenvalue weighted by Gasteiger charge is 2.35. The number of nitrogens with two attached hydrogens (primary N) is 1. The molecule has 0 spiro atoms. The van der Waals surface area contributed by atoms with E-state index in [-0.39, 0.29) is 11.6 Å². The number of hydrogen-bond acceptors (Lipinski definition) is 3. The van der Waals surface area contributed by atoms with Gasteiger partial charge in [-0.3, -0.25) is 16.2 Å². The van der Waals surface area contributed by atoms with Crippen LogP contribution < -0.4 is 11.3 Å². The number of hydrogen-bond donors (Lipinski definition) is 2. The average molecular weight is 261 g/mol. The van der Waals surface area contributed by atoms with Gasteiger partial charge in [0.05, 0.1) is 6.04 Å².